The van der Waals surface area contributed by atoms with E-state index < -0.39 is 34.6 Å². The number of benzene rings is 3. The molecule has 5 rings (SSSR count). The average molecular weight is 521 g/mol. The zero-order chi connectivity index (χ0) is 25.1. The third-order valence-corrected chi connectivity index (χ3v) is 6.15. The van der Waals surface area contributed by atoms with E-state index in [-0.39, 0.29) is 11.3 Å². The first-order valence-corrected chi connectivity index (χ1v) is 11.2. The fourth-order valence-electron chi connectivity index (χ4n) is 3.99. The summed E-state index contributed by atoms with van der Waals surface area (Å²) in [6, 6.07) is 7.47. The maximum absolute atomic E-state index is 14.1. The summed E-state index contributed by atoms with van der Waals surface area (Å²) in [6.07, 6.45) is 0.452. The van der Waals surface area contributed by atoms with Crippen molar-refractivity contribution in [2.75, 3.05) is 10.6 Å². The molecule has 0 bridgehead atoms. The largest absolute Gasteiger partial charge is 0.486 e. The number of H-pyrrole nitrogens is 1. The van der Waals surface area contributed by atoms with Crippen molar-refractivity contribution in [1.82, 2.24) is 9.97 Å². The van der Waals surface area contributed by atoms with Crippen LogP contribution in [0.1, 0.15) is 29.8 Å². The van der Waals surface area contributed by atoms with Gasteiger partial charge in [0.15, 0.2) is 11.6 Å². The van der Waals surface area contributed by atoms with Gasteiger partial charge in [-0.25, -0.2) is 18.2 Å². The molecule has 0 aliphatic carbocycles. The number of hydrogen-bond donors (Lipinski definition) is 3. The molecule has 0 spiro atoms. The lowest BCUT2D eigenvalue weighted by molar-refractivity contribution is 0.101. The Bertz CT molecular complexity index is 1500. The van der Waals surface area contributed by atoms with Gasteiger partial charge in [-0.3, -0.25) is 4.79 Å². The summed E-state index contributed by atoms with van der Waals surface area (Å²) < 4.78 is 47.1. The van der Waals surface area contributed by atoms with Crippen LogP contribution >= 0.6 is 23.2 Å². The van der Waals surface area contributed by atoms with Crippen LogP contribution in [0.15, 0.2) is 36.4 Å². The Kier molecular flexibility index (Phi) is 5.56. The van der Waals surface area contributed by atoms with Crippen LogP contribution in [0, 0.1) is 17.5 Å². The summed E-state index contributed by atoms with van der Waals surface area (Å²) in [5.41, 5.74) is 1.13. The number of hydrogen-bond acceptors (Lipinski definition) is 4. The lowest BCUT2D eigenvalue weighted by atomic mass is 9.98. The lowest BCUT2D eigenvalue weighted by Crippen LogP contribution is -2.25. The molecule has 0 saturated heterocycles. The van der Waals surface area contributed by atoms with Crippen LogP contribution in [-0.4, -0.2) is 21.5 Å². The highest BCUT2D eigenvalue weighted by atomic mass is 35.5. The Morgan fingerprint density at radius 1 is 1.09 bits per heavy atom. The van der Waals surface area contributed by atoms with Gasteiger partial charge in [-0.15, -0.1) is 0 Å². The van der Waals surface area contributed by atoms with Crippen molar-refractivity contribution in [2.45, 2.75) is 25.9 Å². The Balaban J connectivity index is 1.57. The minimum atomic E-state index is -1.36. The minimum absolute atomic E-state index is 0.0658. The Hall–Kier alpha value is -3.43. The van der Waals surface area contributed by atoms with E-state index in [1.165, 1.54) is 6.07 Å². The van der Waals surface area contributed by atoms with Crippen molar-refractivity contribution in [2.24, 2.45) is 0 Å². The van der Waals surface area contributed by atoms with Gasteiger partial charge in [0.1, 0.15) is 17.2 Å². The number of ether oxygens (including phenoxy) is 1. The molecule has 4 aromatic rings. The van der Waals surface area contributed by atoms with Gasteiger partial charge in [-0.1, -0.05) is 29.3 Å². The van der Waals surface area contributed by atoms with Gasteiger partial charge in [-0.2, -0.15) is 0 Å². The zero-order valence-corrected chi connectivity index (χ0v) is 19.8. The first-order valence-electron chi connectivity index (χ1n) is 10.4. The molecule has 1 aliphatic rings. The highest BCUT2D eigenvalue weighted by molar-refractivity contribution is 6.39. The van der Waals surface area contributed by atoms with Gasteiger partial charge in [0.05, 0.1) is 38.0 Å². The smallest absolute Gasteiger partial charge is 0.259 e. The normalized spacial score (nSPS) is 14.0. The van der Waals surface area contributed by atoms with Gasteiger partial charge < -0.3 is 20.4 Å². The summed E-state index contributed by atoms with van der Waals surface area (Å²) in [5.74, 6) is -3.92. The highest BCUT2D eigenvalue weighted by Gasteiger charge is 2.36. The monoisotopic (exact) mass is 520 g/mol. The molecule has 0 unspecified atom stereocenters. The number of imidazole rings is 1. The number of halogens is 5. The molecule has 0 radical (unpaired) electrons. The number of nitrogens with zero attached hydrogens (tertiary/aromatic N) is 1. The first-order chi connectivity index (χ1) is 16.5. The molecule has 0 fully saturated rings. The number of amides is 1. The van der Waals surface area contributed by atoms with E-state index in [0.717, 1.165) is 0 Å². The van der Waals surface area contributed by atoms with Crippen LogP contribution in [0.4, 0.5) is 30.5 Å². The van der Waals surface area contributed by atoms with E-state index in [0.29, 0.717) is 56.8 Å². The third-order valence-electron chi connectivity index (χ3n) is 5.52. The van der Waals surface area contributed by atoms with Gasteiger partial charge >= 0.3 is 0 Å². The Labute approximate surface area is 207 Å². The van der Waals surface area contributed by atoms with Crippen molar-refractivity contribution in [3.05, 3.63) is 75.0 Å². The molecule has 1 aromatic heterocycles. The minimum Gasteiger partial charge on any atom is -0.486 e. The number of carbonyl (C=O) groups is 1. The number of para-hydroxylation sites is 1. The SMILES string of the molecule is CC1(C)Cc2c(c(C(=O)Nc3cc(F)c(F)cc3F)cc3nc(Nc4c(Cl)cccc4Cl)[nH]c23)O1. The Morgan fingerprint density at radius 2 is 1.77 bits per heavy atom. The fourth-order valence-corrected chi connectivity index (χ4v) is 4.49. The van der Waals surface area contributed by atoms with Crippen LogP contribution < -0.4 is 15.4 Å². The summed E-state index contributed by atoms with van der Waals surface area (Å²) in [6.45, 7) is 3.71. The standard InChI is InChI=1S/C24H17Cl2F3N4O2/c1-24(2)9-11-19-18(31-23(32-19)33-20-12(25)4-3-5-13(20)26)6-10(21(11)35-24)22(34)30-17-8-15(28)14(27)7-16(17)29/h3-8H,9H2,1-2H3,(H,30,34)(H2,31,32,33). The molecule has 180 valence electrons. The van der Waals surface area contributed by atoms with Crippen LogP contribution in [0.3, 0.4) is 0 Å². The average Bonchev–Trinajstić information content (AvgIpc) is 3.33. The second-order valence-corrected chi connectivity index (χ2v) is 9.49. The van der Waals surface area contributed by atoms with Gasteiger partial charge in [0.2, 0.25) is 5.95 Å². The predicted molar refractivity (Wildman–Crippen MR) is 129 cm³/mol. The van der Waals surface area contributed by atoms with E-state index in [2.05, 4.69) is 20.6 Å². The lowest BCUT2D eigenvalue weighted by Gasteiger charge is -2.18. The summed E-state index contributed by atoms with van der Waals surface area (Å²) in [4.78, 5) is 20.8. The second-order valence-electron chi connectivity index (χ2n) is 8.67. The predicted octanol–water partition coefficient (Wildman–Crippen LogP) is 7.00. The number of fused-ring (bicyclic) bond motifs is 3. The van der Waals surface area contributed by atoms with Crippen molar-refractivity contribution < 1.29 is 22.7 Å². The number of nitrogens with one attached hydrogen (secondary N) is 3. The number of carbonyl (C=O) groups excluding carboxylic acids is 1. The first kappa shape index (κ1) is 23.3. The van der Waals surface area contributed by atoms with E-state index >= 15 is 0 Å². The van der Waals surface area contributed by atoms with Crippen molar-refractivity contribution in [3.8, 4) is 5.75 Å². The fraction of sp³-hybridized carbons (Fsp3) is 0.167. The van der Waals surface area contributed by atoms with E-state index in [4.69, 9.17) is 27.9 Å². The molecule has 1 aliphatic heterocycles. The molecule has 3 N–H and O–H groups in total. The molecular formula is C24H17Cl2F3N4O2. The summed E-state index contributed by atoms with van der Waals surface area (Å²) in [5, 5.41) is 6.12. The molecule has 1 amide bonds. The zero-order valence-electron chi connectivity index (χ0n) is 18.3. The number of anilines is 3. The molecule has 2 heterocycles. The number of aromatic nitrogens is 2. The van der Waals surface area contributed by atoms with Crippen molar-refractivity contribution in [3.63, 3.8) is 0 Å². The summed E-state index contributed by atoms with van der Waals surface area (Å²) in [7, 11) is 0. The second kappa shape index (κ2) is 8.35. The molecular weight excluding hydrogens is 504 g/mol. The maximum Gasteiger partial charge on any atom is 0.259 e. The summed E-state index contributed by atoms with van der Waals surface area (Å²) >= 11 is 12.5. The molecule has 0 atom stereocenters. The molecule has 35 heavy (non-hydrogen) atoms. The van der Waals surface area contributed by atoms with Crippen molar-refractivity contribution in [1.29, 1.82) is 0 Å². The van der Waals surface area contributed by atoms with Crippen LogP contribution in [0.5, 0.6) is 5.75 Å². The number of aromatic amines is 1. The maximum atomic E-state index is 14.1. The molecule has 0 saturated carbocycles. The van der Waals surface area contributed by atoms with Crippen LogP contribution in [0.25, 0.3) is 11.0 Å². The van der Waals surface area contributed by atoms with E-state index in [1.54, 1.807) is 18.2 Å². The Morgan fingerprint density at radius 3 is 2.49 bits per heavy atom. The third kappa shape index (κ3) is 4.26. The van der Waals surface area contributed by atoms with Gasteiger partial charge in [-0.05, 0) is 32.0 Å². The quantitative estimate of drug-likeness (QED) is 0.253. The molecule has 11 heteroatoms. The van der Waals surface area contributed by atoms with Gasteiger partial charge in [0, 0.05) is 24.1 Å². The topological polar surface area (TPSA) is 79.0 Å². The van der Waals surface area contributed by atoms with E-state index in [9.17, 15) is 18.0 Å². The molecule has 3 aromatic carbocycles. The number of rotatable bonds is 4. The van der Waals surface area contributed by atoms with E-state index in [1.807, 2.05) is 13.8 Å². The van der Waals surface area contributed by atoms with Crippen LogP contribution in [-0.2, 0) is 6.42 Å². The van der Waals surface area contributed by atoms with Crippen LogP contribution in [0.2, 0.25) is 10.0 Å². The molecule has 6 nitrogen and oxygen atoms in total. The van der Waals surface area contributed by atoms with Gasteiger partial charge in [0.25, 0.3) is 5.91 Å². The van der Waals surface area contributed by atoms with Crippen molar-refractivity contribution >= 4 is 57.5 Å². The highest BCUT2D eigenvalue weighted by Crippen LogP contribution is 2.43.